The highest BCUT2D eigenvalue weighted by molar-refractivity contribution is 5.83. The average Bonchev–Trinajstić information content (AvgIpc) is 3.18. The van der Waals surface area contributed by atoms with E-state index in [9.17, 15) is 4.39 Å². The van der Waals surface area contributed by atoms with E-state index in [-0.39, 0.29) is 5.82 Å². The molecule has 1 aliphatic carbocycles. The van der Waals surface area contributed by atoms with Crippen LogP contribution in [0, 0.1) is 5.82 Å². The number of hydrogen-bond acceptors (Lipinski definition) is 1. The lowest BCUT2D eigenvalue weighted by molar-refractivity contribution is 0.629. The van der Waals surface area contributed by atoms with E-state index in [1.807, 2.05) is 6.20 Å². The SMILES string of the molecule is CN=C(NCCc1c[nH]c2ccc(F)cc12)NC1CC1. The number of aromatic amines is 1. The van der Waals surface area contributed by atoms with Gasteiger partial charge in [0.2, 0.25) is 0 Å². The number of fused-ring (bicyclic) bond motifs is 1. The first-order valence-electron chi connectivity index (χ1n) is 6.99. The minimum absolute atomic E-state index is 0.197. The number of aliphatic imine (C=N–C) groups is 1. The largest absolute Gasteiger partial charge is 0.361 e. The number of guanidine groups is 1. The van der Waals surface area contributed by atoms with Gasteiger partial charge in [0.05, 0.1) is 0 Å². The van der Waals surface area contributed by atoms with Crippen molar-refractivity contribution in [3.05, 3.63) is 35.8 Å². The molecular weight excluding hydrogens is 255 g/mol. The van der Waals surface area contributed by atoms with E-state index in [1.54, 1.807) is 19.2 Å². The molecule has 5 heteroatoms. The van der Waals surface area contributed by atoms with Crippen molar-refractivity contribution >= 4 is 16.9 Å². The van der Waals surface area contributed by atoms with Crippen LogP contribution in [0.15, 0.2) is 29.4 Å². The number of aromatic nitrogens is 1. The molecule has 0 amide bonds. The summed E-state index contributed by atoms with van der Waals surface area (Å²) in [6, 6.07) is 5.42. The molecule has 3 rings (SSSR count). The van der Waals surface area contributed by atoms with Crippen LogP contribution in [-0.4, -0.2) is 30.6 Å². The van der Waals surface area contributed by atoms with Gasteiger partial charge in [0.1, 0.15) is 5.82 Å². The predicted octanol–water partition coefficient (Wildman–Crippen LogP) is 2.18. The molecule has 4 nitrogen and oxygen atoms in total. The first-order valence-corrected chi connectivity index (χ1v) is 6.99. The number of nitrogens with zero attached hydrogens (tertiary/aromatic N) is 1. The summed E-state index contributed by atoms with van der Waals surface area (Å²) < 4.78 is 13.3. The number of rotatable bonds is 4. The molecule has 1 aromatic carbocycles. The van der Waals surface area contributed by atoms with Gasteiger partial charge >= 0.3 is 0 Å². The molecule has 106 valence electrons. The second-order valence-corrected chi connectivity index (χ2v) is 5.17. The molecule has 0 radical (unpaired) electrons. The third-order valence-corrected chi connectivity index (χ3v) is 3.56. The van der Waals surface area contributed by atoms with Crippen LogP contribution in [0.1, 0.15) is 18.4 Å². The molecule has 0 unspecified atom stereocenters. The third-order valence-electron chi connectivity index (χ3n) is 3.56. The zero-order valence-corrected chi connectivity index (χ0v) is 11.5. The Morgan fingerprint density at radius 3 is 3.05 bits per heavy atom. The second-order valence-electron chi connectivity index (χ2n) is 5.17. The van der Waals surface area contributed by atoms with E-state index in [0.29, 0.717) is 6.04 Å². The molecule has 20 heavy (non-hydrogen) atoms. The second kappa shape index (κ2) is 5.53. The Morgan fingerprint density at radius 2 is 2.30 bits per heavy atom. The van der Waals surface area contributed by atoms with E-state index < -0.39 is 0 Å². The van der Waals surface area contributed by atoms with Crippen molar-refractivity contribution in [1.82, 2.24) is 15.6 Å². The number of nitrogens with one attached hydrogen (secondary N) is 3. The van der Waals surface area contributed by atoms with Gasteiger partial charge in [-0.15, -0.1) is 0 Å². The lowest BCUT2D eigenvalue weighted by Gasteiger charge is -2.10. The number of halogens is 1. The fourth-order valence-corrected chi connectivity index (χ4v) is 2.29. The van der Waals surface area contributed by atoms with Gasteiger partial charge in [0.25, 0.3) is 0 Å². The summed E-state index contributed by atoms with van der Waals surface area (Å²) in [4.78, 5) is 7.36. The van der Waals surface area contributed by atoms with Crippen LogP contribution < -0.4 is 10.6 Å². The fourth-order valence-electron chi connectivity index (χ4n) is 2.29. The molecule has 0 aliphatic heterocycles. The van der Waals surface area contributed by atoms with Gasteiger partial charge in [-0.05, 0) is 43.0 Å². The first kappa shape index (κ1) is 13.0. The van der Waals surface area contributed by atoms with E-state index in [1.165, 1.54) is 18.9 Å². The first-order chi connectivity index (χ1) is 9.76. The standard InChI is InChI=1S/C15H19FN4/c1-17-15(20-12-3-4-12)18-7-6-10-9-19-14-5-2-11(16)8-13(10)14/h2,5,8-9,12,19H,3-4,6-7H2,1H3,(H2,17,18,20). The Bertz CT molecular complexity index is 628. The fraction of sp³-hybridized carbons (Fsp3) is 0.400. The van der Waals surface area contributed by atoms with Gasteiger partial charge in [0.15, 0.2) is 5.96 Å². The van der Waals surface area contributed by atoms with Gasteiger partial charge in [0, 0.05) is 36.7 Å². The molecule has 3 N–H and O–H groups in total. The maximum Gasteiger partial charge on any atom is 0.191 e. The Morgan fingerprint density at radius 1 is 1.45 bits per heavy atom. The molecular formula is C15H19FN4. The van der Waals surface area contributed by atoms with Crippen molar-refractivity contribution in [2.75, 3.05) is 13.6 Å². The zero-order chi connectivity index (χ0) is 13.9. The van der Waals surface area contributed by atoms with Gasteiger partial charge in [-0.25, -0.2) is 4.39 Å². The molecule has 1 aromatic heterocycles. The van der Waals surface area contributed by atoms with Crippen LogP contribution in [0.25, 0.3) is 10.9 Å². The monoisotopic (exact) mass is 274 g/mol. The van der Waals surface area contributed by atoms with Crippen molar-refractivity contribution in [3.8, 4) is 0 Å². The maximum atomic E-state index is 13.3. The smallest absolute Gasteiger partial charge is 0.191 e. The van der Waals surface area contributed by atoms with Gasteiger partial charge < -0.3 is 15.6 Å². The molecule has 1 aliphatic rings. The summed E-state index contributed by atoms with van der Waals surface area (Å²) in [5.74, 6) is 0.649. The van der Waals surface area contributed by atoms with Gasteiger partial charge in [-0.1, -0.05) is 0 Å². The lowest BCUT2D eigenvalue weighted by atomic mass is 10.1. The zero-order valence-electron chi connectivity index (χ0n) is 11.5. The van der Waals surface area contributed by atoms with Crippen molar-refractivity contribution < 1.29 is 4.39 Å². The molecule has 0 bridgehead atoms. The number of H-pyrrole nitrogens is 1. The maximum absolute atomic E-state index is 13.3. The normalized spacial score (nSPS) is 15.6. The summed E-state index contributed by atoms with van der Waals surface area (Å²) in [5.41, 5.74) is 2.09. The molecule has 0 atom stereocenters. The van der Waals surface area contributed by atoms with Crippen LogP contribution in [0.4, 0.5) is 4.39 Å². The quantitative estimate of drug-likeness (QED) is 0.591. The van der Waals surface area contributed by atoms with Gasteiger partial charge in [-0.3, -0.25) is 4.99 Å². The average molecular weight is 274 g/mol. The van der Waals surface area contributed by atoms with Crippen LogP contribution in [0.3, 0.4) is 0 Å². The highest BCUT2D eigenvalue weighted by Gasteiger charge is 2.21. The molecule has 1 fully saturated rings. The van der Waals surface area contributed by atoms with Crippen molar-refractivity contribution in [3.63, 3.8) is 0 Å². The minimum atomic E-state index is -0.197. The topological polar surface area (TPSA) is 52.2 Å². The summed E-state index contributed by atoms with van der Waals surface area (Å²) >= 11 is 0. The van der Waals surface area contributed by atoms with Crippen molar-refractivity contribution in [2.24, 2.45) is 4.99 Å². The van der Waals surface area contributed by atoms with Crippen LogP contribution in [0.2, 0.25) is 0 Å². The van der Waals surface area contributed by atoms with E-state index in [2.05, 4.69) is 20.6 Å². The van der Waals surface area contributed by atoms with E-state index in [4.69, 9.17) is 0 Å². The van der Waals surface area contributed by atoms with Crippen LogP contribution in [0.5, 0.6) is 0 Å². The minimum Gasteiger partial charge on any atom is -0.361 e. The van der Waals surface area contributed by atoms with Crippen LogP contribution in [-0.2, 0) is 6.42 Å². The predicted molar refractivity (Wildman–Crippen MR) is 79.5 cm³/mol. The van der Waals surface area contributed by atoms with E-state index >= 15 is 0 Å². The summed E-state index contributed by atoms with van der Waals surface area (Å²) in [5, 5.41) is 7.58. The molecule has 0 spiro atoms. The lowest BCUT2D eigenvalue weighted by Crippen LogP contribution is -2.39. The number of hydrogen-bond donors (Lipinski definition) is 3. The molecule has 2 aromatic rings. The molecule has 0 saturated heterocycles. The Balaban J connectivity index is 1.60. The Labute approximate surface area is 117 Å². The Hall–Kier alpha value is -2.04. The highest BCUT2D eigenvalue weighted by Crippen LogP contribution is 2.20. The third kappa shape index (κ3) is 2.92. The Kier molecular flexibility index (Phi) is 3.58. The van der Waals surface area contributed by atoms with Crippen molar-refractivity contribution in [2.45, 2.75) is 25.3 Å². The summed E-state index contributed by atoms with van der Waals surface area (Å²) in [6.07, 6.45) is 5.22. The summed E-state index contributed by atoms with van der Waals surface area (Å²) in [6.45, 7) is 0.774. The highest BCUT2D eigenvalue weighted by atomic mass is 19.1. The number of benzene rings is 1. The van der Waals surface area contributed by atoms with Gasteiger partial charge in [-0.2, -0.15) is 0 Å². The molecule has 1 saturated carbocycles. The molecule has 1 heterocycles. The van der Waals surface area contributed by atoms with Crippen LogP contribution >= 0.6 is 0 Å². The van der Waals surface area contributed by atoms with E-state index in [0.717, 1.165) is 35.4 Å². The summed E-state index contributed by atoms with van der Waals surface area (Å²) in [7, 11) is 1.78. The van der Waals surface area contributed by atoms with Crippen molar-refractivity contribution in [1.29, 1.82) is 0 Å².